The number of fused-ring (bicyclic) bond motifs is 1. The monoisotopic (exact) mass is 479 g/mol. The summed E-state index contributed by atoms with van der Waals surface area (Å²) >= 11 is 2.65. The SMILES string of the molecule is CCCc1nc2scc(C(=O)O)c2c(=O)n1CC(=O)Nc1ccccc1Sc1ccccc1. The molecule has 7 nitrogen and oxygen atoms in total. The zero-order chi connectivity index (χ0) is 23.4. The molecule has 4 aromatic rings. The fraction of sp³-hybridized carbons (Fsp3) is 0.167. The predicted molar refractivity (Wildman–Crippen MR) is 130 cm³/mol. The molecular formula is C24H21N3O4S2. The van der Waals surface area contributed by atoms with Crippen LogP contribution in [0.5, 0.6) is 0 Å². The summed E-state index contributed by atoms with van der Waals surface area (Å²) in [6.07, 6.45) is 1.23. The van der Waals surface area contributed by atoms with Crippen LogP contribution < -0.4 is 10.9 Å². The number of nitrogens with one attached hydrogen (secondary N) is 1. The third-order valence-corrected chi connectivity index (χ3v) is 6.87. The van der Waals surface area contributed by atoms with Crippen LogP contribution in [0.15, 0.2) is 74.6 Å². The summed E-state index contributed by atoms with van der Waals surface area (Å²) in [6, 6.07) is 17.3. The van der Waals surface area contributed by atoms with Crippen molar-refractivity contribution in [3.05, 3.63) is 81.7 Å². The minimum Gasteiger partial charge on any atom is -0.478 e. The van der Waals surface area contributed by atoms with Gasteiger partial charge in [-0.25, -0.2) is 9.78 Å². The summed E-state index contributed by atoms with van der Waals surface area (Å²) in [5.41, 5.74) is 0.0377. The number of carboxylic acids is 1. The number of carboxylic acid groups (broad SMARTS) is 1. The van der Waals surface area contributed by atoms with E-state index in [0.29, 0.717) is 22.8 Å². The van der Waals surface area contributed by atoms with Gasteiger partial charge in [-0.05, 0) is 30.7 Å². The number of nitrogens with zero attached hydrogens (tertiary/aromatic N) is 2. The molecule has 0 spiro atoms. The van der Waals surface area contributed by atoms with E-state index in [1.54, 1.807) is 0 Å². The summed E-state index contributed by atoms with van der Waals surface area (Å²) in [4.78, 5) is 44.5. The molecule has 2 N–H and O–H groups in total. The fourth-order valence-electron chi connectivity index (χ4n) is 3.41. The van der Waals surface area contributed by atoms with Crippen molar-refractivity contribution in [2.45, 2.75) is 36.1 Å². The zero-order valence-corrected chi connectivity index (χ0v) is 19.4. The molecule has 0 saturated heterocycles. The number of rotatable bonds is 8. The Morgan fingerprint density at radius 2 is 1.85 bits per heavy atom. The number of thiophene rings is 1. The van der Waals surface area contributed by atoms with Gasteiger partial charge in [-0.3, -0.25) is 14.2 Å². The van der Waals surface area contributed by atoms with Crippen molar-refractivity contribution in [1.29, 1.82) is 0 Å². The Bertz CT molecular complexity index is 1380. The molecule has 2 aromatic carbocycles. The molecule has 0 aliphatic carbocycles. The molecule has 0 aliphatic rings. The standard InChI is InChI=1S/C24H21N3O4S2/c1-2-8-19-26-22-21(16(14-32-22)24(30)31)23(29)27(19)13-20(28)25-17-11-6-7-12-18(17)33-15-9-4-3-5-10-15/h3-7,9-12,14H,2,8,13H2,1H3,(H,25,28)(H,30,31). The van der Waals surface area contributed by atoms with E-state index in [-0.39, 0.29) is 23.4 Å². The van der Waals surface area contributed by atoms with Gasteiger partial charge in [0.25, 0.3) is 5.56 Å². The van der Waals surface area contributed by atoms with Crippen LogP contribution in [0.1, 0.15) is 29.5 Å². The third-order valence-electron chi connectivity index (χ3n) is 4.91. The molecule has 9 heteroatoms. The maximum Gasteiger partial charge on any atom is 0.337 e. The van der Waals surface area contributed by atoms with Gasteiger partial charge in [-0.2, -0.15) is 0 Å². The highest BCUT2D eigenvalue weighted by Crippen LogP contribution is 2.33. The summed E-state index contributed by atoms with van der Waals surface area (Å²) in [7, 11) is 0. The van der Waals surface area contributed by atoms with Crippen molar-refractivity contribution in [3.8, 4) is 0 Å². The van der Waals surface area contributed by atoms with Crippen molar-refractivity contribution in [3.63, 3.8) is 0 Å². The quantitative estimate of drug-likeness (QED) is 0.373. The molecule has 0 radical (unpaired) electrons. The van der Waals surface area contributed by atoms with Gasteiger partial charge in [-0.1, -0.05) is 49.0 Å². The summed E-state index contributed by atoms with van der Waals surface area (Å²) in [6.45, 7) is 1.70. The molecule has 2 heterocycles. The van der Waals surface area contributed by atoms with Gasteiger partial charge in [-0.15, -0.1) is 11.3 Å². The first-order valence-electron chi connectivity index (χ1n) is 10.3. The van der Waals surface area contributed by atoms with Gasteiger partial charge < -0.3 is 10.4 Å². The van der Waals surface area contributed by atoms with Crippen LogP contribution in [0.3, 0.4) is 0 Å². The highest BCUT2D eigenvalue weighted by Gasteiger charge is 2.21. The Kier molecular flexibility index (Phi) is 6.90. The van der Waals surface area contributed by atoms with Crippen LogP contribution in [-0.4, -0.2) is 26.5 Å². The molecule has 33 heavy (non-hydrogen) atoms. The summed E-state index contributed by atoms with van der Waals surface area (Å²) in [5, 5.41) is 13.8. The maximum atomic E-state index is 13.2. The van der Waals surface area contributed by atoms with Crippen molar-refractivity contribution in [1.82, 2.24) is 9.55 Å². The van der Waals surface area contributed by atoms with Crippen LogP contribution in [0.25, 0.3) is 10.2 Å². The highest BCUT2D eigenvalue weighted by molar-refractivity contribution is 7.99. The molecule has 1 amide bonds. The number of aryl methyl sites for hydroxylation is 1. The van der Waals surface area contributed by atoms with E-state index < -0.39 is 11.5 Å². The fourth-order valence-corrected chi connectivity index (χ4v) is 5.25. The second-order valence-corrected chi connectivity index (χ2v) is 9.24. The Hall–Kier alpha value is -3.43. The van der Waals surface area contributed by atoms with Gasteiger partial charge >= 0.3 is 5.97 Å². The Morgan fingerprint density at radius 3 is 2.58 bits per heavy atom. The van der Waals surface area contributed by atoms with E-state index >= 15 is 0 Å². The molecule has 168 valence electrons. The Morgan fingerprint density at radius 1 is 1.12 bits per heavy atom. The average Bonchev–Trinajstić information content (AvgIpc) is 3.23. The van der Waals surface area contributed by atoms with Crippen LogP contribution in [0, 0.1) is 0 Å². The molecule has 4 rings (SSSR count). The second-order valence-electron chi connectivity index (χ2n) is 7.26. The number of benzene rings is 2. The Balaban J connectivity index is 1.64. The zero-order valence-electron chi connectivity index (χ0n) is 17.8. The topological polar surface area (TPSA) is 101 Å². The van der Waals surface area contributed by atoms with Gasteiger partial charge in [0.05, 0.1) is 16.6 Å². The number of aromatic nitrogens is 2. The molecule has 2 aromatic heterocycles. The summed E-state index contributed by atoms with van der Waals surface area (Å²) in [5.74, 6) is -1.11. The first-order chi connectivity index (χ1) is 16.0. The minimum absolute atomic E-state index is 0.0418. The van der Waals surface area contributed by atoms with Crippen molar-refractivity contribution in [2.75, 3.05) is 5.32 Å². The van der Waals surface area contributed by atoms with Crippen LogP contribution in [0.4, 0.5) is 5.69 Å². The van der Waals surface area contributed by atoms with Crippen LogP contribution >= 0.6 is 23.1 Å². The van der Waals surface area contributed by atoms with Gasteiger partial charge in [0.2, 0.25) is 5.91 Å². The van der Waals surface area contributed by atoms with E-state index in [2.05, 4.69) is 10.3 Å². The van der Waals surface area contributed by atoms with E-state index in [9.17, 15) is 19.5 Å². The first-order valence-corrected chi connectivity index (χ1v) is 12.0. The lowest BCUT2D eigenvalue weighted by Gasteiger charge is -2.14. The van der Waals surface area contributed by atoms with Gasteiger partial charge in [0.15, 0.2) is 0 Å². The molecule has 0 saturated carbocycles. The summed E-state index contributed by atoms with van der Waals surface area (Å²) < 4.78 is 1.28. The lowest BCUT2D eigenvalue weighted by Crippen LogP contribution is -2.31. The minimum atomic E-state index is -1.19. The van der Waals surface area contributed by atoms with E-state index in [0.717, 1.165) is 27.5 Å². The van der Waals surface area contributed by atoms with E-state index in [4.69, 9.17) is 0 Å². The Labute approximate surface area is 198 Å². The normalized spacial score (nSPS) is 10.9. The lowest BCUT2D eigenvalue weighted by atomic mass is 10.2. The number of hydrogen-bond acceptors (Lipinski definition) is 6. The highest BCUT2D eigenvalue weighted by atomic mass is 32.2. The molecule has 0 bridgehead atoms. The van der Waals surface area contributed by atoms with E-state index in [1.807, 2.05) is 61.5 Å². The number of amides is 1. The molecule has 0 unspecified atom stereocenters. The number of aromatic carboxylic acids is 1. The predicted octanol–water partition coefficient (Wildman–Crippen LogP) is 4.90. The van der Waals surface area contributed by atoms with Gasteiger partial charge in [0.1, 0.15) is 17.2 Å². The smallest absolute Gasteiger partial charge is 0.337 e. The number of anilines is 1. The van der Waals surface area contributed by atoms with Crippen LogP contribution in [0.2, 0.25) is 0 Å². The van der Waals surface area contributed by atoms with Gasteiger partial charge in [0, 0.05) is 21.6 Å². The first kappa shape index (κ1) is 22.8. The third kappa shape index (κ3) is 4.99. The number of carbonyl (C=O) groups excluding carboxylic acids is 1. The number of para-hydroxylation sites is 1. The average molecular weight is 480 g/mol. The van der Waals surface area contributed by atoms with Crippen molar-refractivity contribution < 1.29 is 14.7 Å². The number of carbonyl (C=O) groups is 2. The molecule has 0 aliphatic heterocycles. The van der Waals surface area contributed by atoms with E-state index in [1.165, 1.54) is 21.7 Å². The van der Waals surface area contributed by atoms with Crippen molar-refractivity contribution in [2.24, 2.45) is 0 Å². The molecule has 0 fully saturated rings. The van der Waals surface area contributed by atoms with Crippen molar-refractivity contribution >= 4 is 50.9 Å². The molecular weight excluding hydrogens is 458 g/mol. The lowest BCUT2D eigenvalue weighted by molar-refractivity contribution is -0.116. The van der Waals surface area contributed by atoms with Crippen LogP contribution in [-0.2, 0) is 17.8 Å². The largest absolute Gasteiger partial charge is 0.478 e. The number of hydrogen-bond donors (Lipinski definition) is 2. The maximum absolute atomic E-state index is 13.2. The molecule has 0 atom stereocenters. The second kappa shape index (κ2) is 10.0.